The van der Waals surface area contributed by atoms with Crippen molar-refractivity contribution in [2.75, 3.05) is 0 Å². The van der Waals surface area contributed by atoms with Crippen molar-refractivity contribution in [3.8, 4) is 6.07 Å². The zero-order valence-corrected chi connectivity index (χ0v) is 16.0. The summed E-state index contributed by atoms with van der Waals surface area (Å²) in [6, 6.07) is 11.6. The van der Waals surface area contributed by atoms with E-state index in [9.17, 15) is 13.2 Å². The average Bonchev–Trinajstić information content (AvgIpc) is 2.72. The molecule has 2 aromatic carbocycles. The third-order valence-corrected chi connectivity index (χ3v) is 5.72. The molecule has 0 saturated heterocycles. The first-order valence-electron chi connectivity index (χ1n) is 9.82. The van der Waals surface area contributed by atoms with Crippen LogP contribution in [0.3, 0.4) is 0 Å². The van der Waals surface area contributed by atoms with Crippen LogP contribution in [-0.4, -0.2) is 0 Å². The zero-order valence-electron chi connectivity index (χ0n) is 16.0. The summed E-state index contributed by atoms with van der Waals surface area (Å²) in [5.41, 5.74) is 0.816. The smallest absolute Gasteiger partial charge is 0.166 e. The molecule has 0 aliphatic heterocycles. The first-order valence-corrected chi connectivity index (χ1v) is 9.82. The van der Waals surface area contributed by atoms with E-state index in [1.54, 1.807) is 18.2 Å². The number of rotatable bonds is 5. The van der Waals surface area contributed by atoms with Gasteiger partial charge in [0.1, 0.15) is 11.9 Å². The highest BCUT2D eigenvalue weighted by Crippen LogP contribution is 2.32. The van der Waals surface area contributed by atoms with Crippen molar-refractivity contribution in [3.05, 3.63) is 70.5 Å². The number of halogens is 3. The van der Waals surface area contributed by atoms with Crippen LogP contribution >= 0.6 is 0 Å². The second-order valence-electron chi connectivity index (χ2n) is 7.80. The summed E-state index contributed by atoms with van der Waals surface area (Å²) in [6.45, 7) is 2.31. The van der Waals surface area contributed by atoms with E-state index in [2.05, 4.69) is 6.92 Å². The van der Waals surface area contributed by atoms with Gasteiger partial charge in [-0.15, -0.1) is 0 Å². The minimum absolute atomic E-state index is 0.123. The Hall–Kier alpha value is -2.54. The van der Waals surface area contributed by atoms with Crippen molar-refractivity contribution in [3.63, 3.8) is 0 Å². The Kier molecular flexibility index (Phi) is 6.57. The van der Waals surface area contributed by atoms with Crippen LogP contribution in [0.1, 0.15) is 61.3 Å². The SMILES string of the molecule is CC1CCC(CCc2ccc(C(F)=C(F)c3ccc(C#N)c(F)c3)cc2)CC1. The van der Waals surface area contributed by atoms with Gasteiger partial charge in [0.2, 0.25) is 0 Å². The highest BCUT2D eigenvalue weighted by molar-refractivity contribution is 5.83. The molecular weight excluding hydrogens is 359 g/mol. The normalized spacial score (nSPS) is 20.4. The molecule has 1 saturated carbocycles. The lowest BCUT2D eigenvalue weighted by Gasteiger charge is -2.26. The lowest BCUT2D eigenvalue weighted by atomic mass is 9.80. The van der Waals surface area contributed by atoms with Crippen molar-refractivity contribution >= 4 is 11.7 Å². The number of hydrogen-bond donors (Lipinski definition) is 0. The van der Waals surface area contributed by atoms with Crippen molar-refractivity contribution in [1.82, 2.24) is 0 Å². The molecule has 0 N–H and O–H groups in total. The molecular formula is C24H24F3N. The lowest BCUT2D eigenvalue weighted by Crippen LogP contribution is -2.12. The zero-order chi connectivity index (χ0) is 20.1. The van der Waals surface area contributed by atoms with Gasteiger partial charge < -0.3 is 0 Å². The fourth-order valence-corrected chi connectivity index (χ4v) is 3.80. The summed E-state index contributed by atoms with van der Waals surface area (Å²) < 4.78 is 42.6. The monoisotopic (exact) mass is 383 g/mol. The van der Waals surface area contributed by atoms with Crippen LogP contribution < -0.4 is 0 Å². The molecule has 1 fully saturated rings. The fraction of sp³-hybridized carbons (Fsp3) is 0.375. The maximum Gasteiger partial charge on any atom is 0.166 e. The number of nitriles is 1. The quantitative estimate of drug-likeness (QED) is 0.500. The predicted molar refractivity (Wildman–Crippen MR) is 106 cm³/mol. The molecule has 0 radical (unpaired) electrons. The van der Waals surface area contributed by atoms with Crippen LogP contribution in [0.25, 0.3) is 11.7 Å². The molecule has 28 heavy (non-hydrogen) atoms. The van der Waals surface area contributed by atoms with Crippen LogP contribution in [-0.2, 0) is 6.42 Å². The molecule has 0 spiro atoms. The maximum atomic E-state index is 14.5. The molecule has 0 heterocycles. The summed E-state index contributed by atoms with van der Waals surface area (Å²) in [6.07, 6.45) is 7.23. The van der Waals surface area contributed by atoms with Gasteiger partial charge in [-0.05, 0) is 42.4 Å². The molecule has 0 atom stereocenters. The van der Waals surface area contributed by atoms with E-state index in [0.717, 1.165) is 42.4 Å². The second-order valence-corrected chi connectivity index (χ2v) is 7.80. The van der Waals surface area contributed by atoms with Crippen molar-refractivity contribution < 1.29 is 13.2 Å². The highest BCUT2D eigenvalue weighted by atomic mass is 19.2. The van der Waals surface area contributed by atoms with E-state index in [0.29, 0.717) is 0 Å². The summed E-state index contributed by atoms with van der Waals surface area (Å²) in [5.74, 6) is -1.43. The minimum Gasteiger partial charge on any atom is -0.206 e. The summed E-state index contributed by atoms with van der Waals surface area (Å²) in [4.78, 5) is 0. The molecule has 146 valence electrons. The molecule has 0 amide bonds. The van der Waals surface area contributed by atoms with Gasteiger partial charge in [-0.3, -0.25) is 0 Å². The molecule has 3 rings (SSSR count). The third-order valence-electron chi connectivity index (χ3n) is 5.72. The Morgan fingerprint density at radius 3 is 2.18 bits per heavy atom. The first-order chi connectivity index (χ1) is 13.5. The molecule has 4 heteroatoms. The lowest BCUT2D eigenvalue weighted by molar-refractivity contribution is 0.278. The van der Waals surface area contributed by atoms with Crippen molar-refractivity contribution in [1.29, 1.82) is 5.26 Å². The molecule has 1 aliphatic rings. The van der Waals surface area contributed by atoms with E-state index in [4.69, 9.17) is 5.26 Å². The third kappa shape index (κ3) is 4.84. The molecule has 0 aromatic heterocycles. The van der Waals surface area contributed by atoms with E-state index in [1.165, 1.54) is 31.7 Å². The Morgan fingerprint density at radius 2 is 1.57 bits per heavy atom. The second kappa shape index (κ2) is 9.10. The van der Waals surface area contributed by atoms with Gasteiger partial charge in [0, 0.05) is 11.1 Å². The Morgan fingerprint density at radius 1 is 0.964 bits per heavy atom. The molecule has 0 bridgehead atoms. The van der Waals surface area contributed by atoms with Crippen LogP contribution in [0.4, 0.5) is 13.2 Å². The number of nitrogens with zero attached hydrogens (tertiary/aromatic N) is 1. The summed E-state index contributed by atoms with van der Waals surface area (Å²) >= 11 is 0. The fourth-order valence-electron chi connectivity index (χ4n) is 3.80. The minimum atomic E-state index is -1.13. The van der Waals surface area contributed by atoms with Crippen molar-refractivity contribution in [2.24, 2.45) is 11.8 Å². The standard InChI is InChI=1S/C24H24F3N/c1-16-2-4-17(5-3-16)6-7-18-8-10-19(11-9-18)23(26)24(27)20-12-13-21(15-28)22(25)14-20/h8-14,16-17H,2-7H2,1H3. The van der Waals surface area contributed by atoms with E-state index < -0.39 is 17.5 Å². The number of benzene rings is 2. The Labute approximate surface area is 164 Å². The van der Waals surface area contributed by atoms with Gasteiger partial charge in [-0.2, -0.15) is 5.26 Å². The van der Waals surface area contributed by atoms with E-state index in [-0.39, 0.29) is 16.7 Å². The van der Waals surface area contributed by atoms with Gasteiger partial charge in [-0.25, -0.2) is 13.2 Å². The van der Waals surface area contributed by atoms with Crippen molar-refractivity contribution in [2.45, 2.75) is 45.4 Å². The topological polar surface area (TPSA) is 23.8 Å². The summed E-state index contributed by atoms with van der Waals surface area (Å²) in [7, 11) is 0. The molecule has 1 nitrogen and oxygen atoms in total. The van der Waals surface area contributed by atoms with Gasteiger partial charge >= 0.3 is 0 Å². The Bertz CT molecular complexity index is 885. The predicted octanol–water partition coefficient (Wildman–Crippen LogP) is 7.22. The molecule has 0 unspecified atom stereocenters. The average molecular weight is 383 g/mol. The van der Waals surface area contributed by atoms with Crippen LogP contribution in [0.2, 0.25) is 0 Å². The summed E-state index contributed by atoms with van der Waals surface area (Å²) in [5, 5.41) is 8.73. The number of aryl methyl sites for hydroxylation is 1. The van der Waals surface area contributed by atoms with Gasteiger partial charge in [0.05, 0.1) is 5.56 Å². The highest BCUT2D eigenvalue weighted by Gasteiger charge is 2.18. The van der Waals surface area contributed by atoms with Crippen LogP contribution in [0.5, 0.6) is 0 Å². The number of hydrogen-bond acceptors (Lipinski definition) is 1. The van der Waals surface area contributed by atoms with Gasteiger partial charge in [-0.1, -0.05) is 62.9 Å². The van der Waals surface area contributed by atoms with Gasteiger partial charge in [0.25, 0.3) is 0 Å². The maximum absolute atomic E-state index is 14.5. The molecule has 2 aromatic rings. The van der Waals surface area contributed by atoms with Crippen LogP contribution in [0.15, 0.2) is 42.5 Å². The van der Waals surface area contributed by atoms with Gasteiger partial charge in [0.15, 0.2) is 11.7 Å². The first kappa shape index (κ1) is 20.2. The molecule has 1 aliphatic carbocycles. The van der Waals surface area contributed by atoms with E-state index in [1.807, 2.05) is 12.1 Å². The van der Waals surface area contributed by atoms with E-state index >= 15 is 0 Å². The Balaban J connectivity index is 1.67. The largest absolute Gasteiger partial charge is 0.206 e. The van der Waals surface area contributed by atoms with Crippen LogP contribution in [0, 0.1) is 29.0 Å².